The molecule has 0 bridgehead atoms. The van der Waals surface area contributed by atoms with Crippen molar-refractivity contribution in [2.45, 2.75) is 33.4 Å². The summed E-state index contributed by atoms with van der Waals surface area (Å²) in [5.41, 5.74) is 2.96. The van der Waals surface area contributed by atoms with Gasteiger partial charge in [0.2, 0.25) is 0 Å². The molecule has 0 atom stereocenters. The fraction of sp³-hybridized carbons (Fsp3) is 0.429. The summed E-state index contributed by atoms with van der Waals surface area (Å²) in [7, 11) is 0. The van der Waals surface area contributed by atoms with Crippen LogP contribution in [0.4, 0.5) is 0 Å². The van der Waals surface area contributed by atoms with Gasteiger partial charge in [0.15, 0.2) is 0 Å². The van der Waals surface area contributed by atoms with E-state index in [1.807, 2.05) is 25.1 Å². The van der Waals surface area contributed by atoms with E-state index in [0.717, 1.165) is 12.1 Å². The highest BCUT2D eigenvalue weighted by molar-refractivity contribution is 5.37. The molecular weight excluding hydrogens is 210 g/mol. The van der Waals surface area contributed by atoms with Crippen LogP contribution in [0, 0.1) is 29.6 Å². The Kier molecular flexibility index (Phi) is 4.69. The molecule has 0 aliphatic carbocycles. The summed E-state index contributed by atoms with van der Waals surface area (Å²) in [6.07, 6.45) is 0. The molecule has 0 aliphatic heterocycles. The van der Waals surface area contributed by atoms with Crippen molar-refractivity contribution in [1.82, 2.24) is 4.90 Å². The molecule has 0 aliphatic rings. The first-order valence-electron chi connectivity index (χ1n) is 5.69. The average Bonchev–Trinajstić information content (AvgIpc) is 2.30. The minimum atomic E-state index is 0.338. The predicted molar refractivity (Wildman–Crippen MR) is 67.1 cm³/mol. The standard InChI is InChI=1S/C14H17N3/c1-11(2)17(7-6-15)10-14-5-4-13(9-16)8-12(14)3/h4-5,8,11H,7,10H2,1-3H3. The second-order valence-corrected chi connectivity index (χ2v) is 4.41. The maximum absolute atomic E-state index is 8.80. The van der Waals surface area contributed by atoms with Crippen molar-refractivity contribution in [3.8, 4) is 12.1 Å². The van der Waals surface area contributed by atoms with Gasteiger partial charge >= 0.3 is 0 Å². The van der Waals surface area contributed by atoms with E-state index in [1.54, 1.807) is 0 Å². The van der Waals surface area contributed by atoms with Gasteiger partial charge in [-0.25, -0.2) is 0 Å². The van der Waals surface area contributed by atoms with E-state index >= 15 is 0 Å². The zero-order valence-electron chi connectivity index (χ0n) is 10.6. The number of hydrogen-bond donors (Lipinski definition) is 0. The topological polar surface area (TPSA) is 50.8 Å². The van der Waals surface area contributed by atoms with Crippen LogP contribution in [-0.4, -0.2) is 17.5 Å². The summed E-state index contributed by atoms with van der Waals surface area (Å²) in [6.45, 7) is 7.34. The fourth-order valence-electron chi connectivity index (χ4n) is 1.67. The van der Waals surface area contributed by atoms with E-state index < -0.39 is 0 Å². The molecule has 1 aromatic rings. The first-order chi connectivity index (χ1) is 8.08. The molecule has 0 saturated carbocycles. The number of nitriles is 2. The molecule has 0 amide bonds. The summed E-state index contributed by atoms with van der Waals surface area (Å²) in [5.74, 6) is 0. The SMILES string of the molecule is Cc1cc(C#N)ccc1CN(CC#N)C(C)C. The molecule has 0 spiro atoms. The van der Waals surface area contributed by atoms with E-state index in [4.69, 9.17) is 10.5 Å². The van der Waals surface area contributed by atoms with Gasteiger partial charge in [-0.2, -0.15) is 10.5 Å². The first-order valence-corrected chi connectivity index (χ1v) is 5.69. The molecule has 17 heavy (non-hydrogen) atoms. The monoisotopic (exact) mass is 227 g/mol. The maximum Gasteiger partial charge on any atom is 0.0991 e. The second kappa shape index (κ2) is 6.03. The van der Waals surface area contributed by atoms with Crippen molar-refractivity contribution in [2.75, 3.05) is 6.54 Å². The van der Waals surface area contributed by atoms with Crippen LogP contribution in [0.1, 0.15) is 30.5 Å². The third-order valence-corrected chi connectivity index (χ3v) is 2.85. The minimum absolute atomic E-state index is 0.338. The fourth-order valence-corrected chi connectivity index (χ4v) is 1.67. The quantitative estimate of drug-likeness (QED) is 0.743. The maximum atomic E-state index is 8.80. The van der Waals surface area contributed by atoms with Crippen LogP contribution in [0.15, 0.2) is 18.2 Å². The molecule has 0 radical (unpaired) electrons. The molecule has 1 aromatic carbocycles. The van der Waals surface area contributed by atoms with Gasteiger partial charge in [0, 0.05) is 12.6 Å². The lowest BCUT2D eigenvalue weighted by molar-refractivity contribution is 0.240. The van der Waals surface area contributed by atoms with Crippen LogP contribution in [0.25, 0.3) is 0 Å². The number of nitrogens with zero attached hydrogens (tertiary/aromatic N) is 3. The van der Waals surface area contributed by atoms with Gasteiger partial charge in [-0.1, -0.05) is 6.07 Å². The van der Waals surface area contributed by atoms with E-state index in [-0.39, 0.29) is 0 Å². The largest absolute Gasteiger partial charge is 0.284 e. The number of benzene rings is 1. The second-order valence-electron chi connectivity index (χ2n) is 4.41. The van der Waals surface area contributed by atoms with Crippen LogP contribution in [0.5, 0.6) is 0 Å². The van der Waals surface area contributed by atoms with Gasteiger partial charge < -0.3 is 0 Å². The zero-order valence-corrected chi connectivity index (χ0v) is 10.6. The van der Waals surface area contributed by atoms with Gasteiger partial charge in [-0.05, 0) is 44.0 Å². The summed E-state index contributed by atoms with van der Waals surface area (Å²) in [6, 6.07) is 10.3. The molecular formula is C14H17N3. The van der Waals surface area contributed by atoms with Gasteiger partial charge in [0.1, 0.15) is 0 Å². The molecule has 88 valence electrons. The van der Waals surface area contributed by atoms with Gasteiger partial charge in [0.05, 0.1) is 24.2 Å². The van der Waals surface area contributed by atoms with Crippen LogP contribution < -0.4 is 0 Å². The van der Waals surface area contributed by atoms with Gasteiger partial charge in [-0.15, -0.1) is 0 Å². The Morgan fingerprint density at radius 2 is 2.00 bits per heavy atom. The molecule has 0 saturated heterocycles. The van der Waals surface area contributed by atoms with Crippen LogP contribution in [0.2, 0.25) is 0 Å². The van der Waals surface area contributed by atoms with Crippen molar-refractivity contribution in [1.29, 1.82) is 10.5 Å². The molecule has 3 heteroatoms. The van der Waals surface area contributed by atoms with Crippen molar-refractivity contribution in [3.05, 3.63) is 34.9 Å². The lowest BCUT2D eigenvalue weighted by Gasteiger charge is -2.24. The Balaban J connectivity index is 2.87. The zero-order chi connectivity index (χ0) is 12.8. The Hall–Kier alpha value is -1.84. The molecule has 0 unspecified atom stereocenters. The number of rotatable bonds is 4. The van der Waals surface area contributed by atoms with E-state index in [1.165, 1.54) is 5.56 Å². The lowest BCUT2D eigenvalue weighted by Crippen LogP contribution is -2.30. The Bertz CT molecular complexity index is 463. The average molecular weight is 227 g/mol. The normalized spacial score (nSPS) is 10.3. The highest BCUT2D eigenvalue weighted by atomic mass is 15.1. The van der Waals surface area contributed by atoms with Crippen molar-refractivity contribution < 1.29 is 0 Å². The van der Waals surface area contributed by atoms with Gasteiger partial charge in [-0.3, -0.25) is 4.90 Å². The Morgan fingerprint density at radius 3 is 2.47 bits per heavy atom. The molecule has 0 fully saturated rings. The summed E-state index contributed by atoms with van der Waals surface area (Å²) in [4.78, 5) is 2.11. The smallest absolute Gasteiger partial charge is 0.0991 e. The number of aryl methyl sites for hydroxylation is 1. The van der Waals surface area contributed by atoms with E-state index in [9.17, 15) is 0 Å². The third kappa shape index (κ3) is 3.59. The Labute approximate surface area is 103 Å². The van der Waals surface area contributed by atoms with Gasteiger partial charge in [0.25, 0.3) is 0 Å². The Morgan fingerprint density at radius 1 is 1.29 bits per heavy atom. The summed E-state index contributed by atoms with van der Waals surface area (Å²) >= 11 is 0. The summed E-state index contributed by atoms with van der Waals surface area (Å²) < 4.78 is 0. The third-order valence-electron chi connectivity index (χ3n) is 2.85. The van der Waals surface area contributed by atoms with E-state index in [2.05, 4.69) is 30.9 Å². The van der Waals surface area contributed by atoms with Crippen LogP contribution >= 0.6 is 0 Å². The highest BCUT2D eigenvalue weighted by Crippen LogP contribution is 2.14. The molecule has 0 N–H and O–H groups in total. The van der Waals surface area contributed by atoms with E-state index in [0.29, 0.717) is 18.2 Å². The van der Waals surface area contributed by atoms with Crippen molar-refractivity contribution in [3.63, 3.8) is 0 Å². The first kappa shape index (κ1) is 13.2. The van der Waals surface area contributed by atoms with Crippen LogP contribution in [0.3, 0.4) is 0 Å². The lowest BCUT2D eigenvalue weighted by atomic mass is 10.0. The predicted octanol–water partition coefficient (Wildman–Crippen LogP) is 2.60. The van der Waals surface area contributed by atoms with Crippen molar-refractivity contribution in [2.24, 2.45) is 0 Å². The molecule has 0 aromatic heterocycles. The molecule has 0 heterocycles. The molecule has 3 nitrogen and oxygen atoms in total. The number of hydrogen-bond acceptors (Lipinski definition) is 3. The highest BCUT2D eigenvalue weighted by Gasteiger charge is 2.11. The minimum Gasteiger partial charge on any atom is -0.284 e. The van der Waals surface area contributed by atoms with Crippen molar-refractivity contribution >= 4 is 0 Å². The summed E-state index contributed by atoms with van der Waals surface area (Å²) in [5, 5.41) is 17.6. The van der Waals surface area contributed by atoms with Crippen LogP contribution in [-0.2, 0) is 6.54 Å². The molecule has 1 rings (SSSR count).